The van der Waals surface area contributed by atoms with Gasteiger partial charge in [-0.2, -0.15) is 0 Å². The average molecular weight is 540 g/mol. The van der Waals surface area contributed by atoms with Crippen molar-refractivity contribution in [2.45, 2.75) is 66.8 Å². The van der Waals surface area contributed by atoms with E-state index in [1.165, 1.54) is 0 Å². The fourth-order valence-electron chi connectivity index (χ4n) is 3.55. The average Bonchev–Trinajstić information content (AvgIpc) is 3.26. The Kier molecular flexibility index (Phi) is 15.2. The Morgan fingerprint density at radius 1 is 1.19 bits per heavy atom. The van der Waals surface area contributed by atoms with Gasteiger partial charge in [0.2, 0.25) is 0 Å². The molecule has 0 bridgehead atoms. The lowest BCUT2D eigenvalue weighted by Gasteiger charge is -2.20. The van der Waals surface area contributed by atoms with Crippen LogP contribution in [0.15, 0.2) is 79.1 Å². The summed E-state index contributed by atoms with van der Waals surface area (Å²) in [6.07, 6.45) is 13.4. The highest BCUT2D eigenvalue weighted by atomic mass is 35.5. The van der Waals surface area contributed by atoms with Crippen LogP contribution in [0.2, 0.25) is 5.02 Å². The summed E-state index contributed by atoms with van der Waals surface area (Å²) in [6, 6.07) is 5.73. The van der Waals surface area contributed by atoms with E-state index in [1.54, 1.807) is 29.6 Å². The number of hydrogen-bond donors (Lipinski definition) is 2. The lowest BCUT2D eigenvalue weighted by Crippen LogP contribution is -2.35. The minimum atomic E-state index is -0.314. The zero-order valence-corrected chi connectivity index (χ0v) is 24.7. The third-order valence-corrected chi connectivity index (χ3v) is 6.87. The topological polar surface area (TPSA) is 54.0 Å². The van der Waals surface area contributed by atoms with Crippen LogP contribution >= 0.6 is 22.9 Å². The monoisotopic (exact) mass is 539 g/mol. The number of halogens is 1. The lowest BCUT2D eigenvalue weighted by molar-refractivity contribution is -0.116. The predicted molar refractivity (Wildman–Crippen MR) is 165 cm³/mol. The molecule has 2 aromatic rings. The molecule has 4 nitrogen and oxygen atoms in total. The molecular formula is C31H42ClN3OS. The number of carbonyl (C=O) groups excluding carboxylic acids is 1. The quantitative estimate of drug-likeness (QED) is 0.143. The van der Waals surface area contributed by atoms with Crippen LogP contribution in [0.3, 0.4) is 0 Å². The summed E-state index contributed by atoms with van der Waals surface area (Å²) in [5.74, 6) is 0.0571. The first-order valence-electron chi connectivity index (χ1n) is 12.9. The molecule has 0 radical (unpaired) electrons. The summed E-state index contributed by atoms with van der Waals surface area (Å²) < 4.78 is 0. The van der Waals surface area contributed by atoms with E-state index < -0.39 is 0 Å². The summed E-state index contributed by atoms with van der Waals surface area (Å²) in [7, 11) is 0. The molecule has 200 valence electrons. The van der Waals surface area contributed by atoms with Crippen LogP contribution in [0, 0.1) is 13.8 Å². The summed E-state index contributed by atoms with van der Waals surface area (Å²) >= 11 is 7.94. The molecule has 0 spiro atoms. The molecule has 1 atom stereocenters. The minimum absolute atomic E-state index is 0.0571. The largest absolute Gasteiger partial charge is 0.375 e. The van der Waals surface area contributed by atoms with Gasteiger partial charge in [-0.3, -0.25) is 4.79 Å². The normalized spacial score (nSPS) is 12.2. The van der Waals surface area contributed by atoms with E-state index in [0.717, 1.165) is 68.9 Å². The third kappa shape index (κ3) is 10.6. The molecule has 0 amide bonds. The highest BCUT2D eigenvalue weighted by Gasteiger charge is 2.17. The molecule has 0 saturated carbocycles. The number of benzene rings is 1. The molecule has 37 heavy (non-hydrogen) atoms. The first kappa shape index (κ1) is 32.1. The third-order valence-electron chi connectivity index (χ3n) is 5.53. The van der Waals surface area contributed by atoms with Crippen molar-refractivity contribution in [1.29, 1.82) is 0 Å². The van der Waals surface area contributed by atoms with Gasteiger partial charge in [0.15, 0.2) is 10.9 Å². The fourth-order valence-corrected chi connectivity index (χ4v) is 4.59. The summed E-state index contributed by atoms with van der Waals surface area (Å²) in [6.45, 7) is 20.5. The summed E-state index contributed by atoms with van der Waals surface area (Å²) in [5.41, 5.74) is 4.72. The van der Waals surface area contributed by atoms with Gasteiger partial charge >= 0.3 is 0 Å². The Balaban J connectivity index is 0.00000334. The van der Waals surface area contributed by atoms with E-state index >= 15 is 0 Å². The number of hydrogen-bond acceptors (Lipinski definition) is 5. The Morgan fingerprint density at radius 2 is 1.92 bits per heavy atom. The Labute approximate surface area is 232 Å². The van der Waals surface area contributed by atoms with E-state index in [0.29, 0.717) is 0 Å². The van der Waals surface area contributed by atoms with Gasteiger partial charge in [0, 0.05) is 27.7 Å². The molecule has 0 aliphatic heterocycles. The maximum absolute atomic E-state index is 12.6. The van der Waals surface area contributed by atoms with Crippen molar-refractivity contribution in [3.8, 4) is 11.3 Å². The van der Waals surface area contributed by atoms with E-state index in [1.807, 2.05) is 65.0 Å². The number of carbonyl (C=O) groups is 1. The smallest absolute Gasteiger partial charge is 0.183 e. The molecule has 2 N–H and O–H groups in total. The second-order valence-electron chi connectivity index (χ2n) is 8.23. The van der Waals surface area contributed by atoms with Gasteiger partial charge in [0.25, 0.3) is 0 Å². The van der Waals surface area contributed by atoms with Gasteiger partial charge in [-0.15, -0.1) is 11.3 Å². The second-order valence-corrected chi connectivity index (χ2v) is 9.84. The minimum Gasteiger partial charge on any atom is -0.375 e. The number of unbranched alkanes of at least 4 members (excludes halogenated alkanes) is 1. The first-order valence-corrected chi connectivity index (χ1v) is 14.1. The van der Waals surface area contributed by atoms with Gasteiger partial charge in [-0.25, -0.2) is 4.98 Å². The molecule has 0 saturated heterocycles. The fraction of sp³-hybridized carbons (Fsp3) is 0.355. The van der Waals surface area contributed by atoms with Crippen molar-refractivity contribution >= 4 is 33.9 Å². The van der Waals surface area contributed by atoms with Gasteiger partial charge < -0.3 is 10.6 Å². The molecule has 1 aromatic heterocycles. The number of nitrogens with zero attached hydrogens (tertiary/aromatic N) is 1. The summed E-state index contributed by atoms with van der Waals surface area (Å²) in [4.78, 5) is 18.6. The molecule has 0 aliphatic rings. The first-order chi connectivity index (χ1) is 17.8. The van der Waals surface area contributed by atoms with E-state index in [2.05, 4.69) is 36.8 Å². The predicted octanol–water partition coefficient (Wildman–Crippen LogP) is 8.99. The van der Waals surface area contributed by atoms with Crippen molar-refractivity contribution in [2.24, 2.45) is 0 Å². The van der Waals surface area contributed by atoms with Gasteiger partial charge in [-0.05, 0) is 70.2 Å². The number of rotatable bonds is 14. The number of allylic oxidation sites excluding steroid dienone is 5. The molecular weight excluding hydrogens is 498 g/mol. The van der Waals surface area contributed by atoms with Crippen molar-refractivity contribution in [3.05, 3.63) is 94.5 Å². The number of nitrogens with one attached hydrogen (secondary N) is 2. The van der Waals surface area contributed by atoms with Crippen molar-refractivity contribution in [3.63, 3.8) is 0 Å². The van der Waals surface area contributed by atoms with Crippen LogP contribution in [-0.4, -0.2) is 23.4 Å². The van der Waals surface area contributed by atoms with Crippen molar-refractivity contribution in [2.75, 3.05) is 11.9 Å². The van der Waals surface area contributed by atoms with Crippen LogP contribution in [-0.2, 0) is 4.79 Å². The summed E-state index contributed by atoms with van der Waals surface area (Å²) in [5, 5.41) is 8.40. The van der Waals surface area contributed by atoms with Crippen LogP contribution in [0.4, 0.5) is 5.13 Å². The highest BCUT2D eigenvalue weighted by Crippen LogP contribution is 2.32. The number of aryl methyl sites for hydroxylation is 2. The zero-order chi connectivity index (χ0) is 27.8. The Morgan fingerprint density at radius 3 is 2.54 bits per heavy atom. The molecule has 1 heterocycles. The molecule has 6 heteroatoms. The Bertz CT molecular complexity index is 1130. The number of thiazole rings is 1. The van der Waals surface area contributed by atoms with Gasteiger partial charge in [-0.1, -0.05) is 81.1 Å². The van der Waals surface area contributed by atoms with Crippen LogP contribution < -0.4 is 10.6 Å². The molecule has 2 rings (SSSR count). The molecule has 1 aromatic carbocycles. The molecule has 0 aliphatic carbocycles. The maximum Gasteiger partial charge on any atom is 0.183 e. The van der Waals surface area contributed by atoms with E-state index in [4.69, 9.17) is 16.6 Å². The maximum atomic E-state index is 12.6. The van der Waals surface area contributed by atoms with Crippen LogP contribution in [0.25, 0.3) is 11.3 Å². The van der Waals surface area contributed by atoms with Crippen molar-refractivity contribution < 1.29 is 4.79 Å². The SMILES string of the molecule is C=C/C=C\C(=C/C)C(=C)NC(CCCCNc1nc(-c2ccc(C)c(Cl)c2)c(C)s1)C(=O)/C=C\C.CC. The van der Waals surface area contributed by atoms with Crippen LogP contribution in [0.5, 0.6) is 0 Å². The number of anilines is 1. The van der Waals surface area contributed by atoms with Crippen LogP contribution in [0.1, 0.15) is 57.4 Å². The van der Waals surface area contributed by atoms with Gasteiger partial charge in [0.05, 0.1) is 11.7 Å². The second kappa shape index (κ2) is 17.5. The van der Waals surface area contributed by atoms with Crippen molar-refractivity contribution in [1.82, 2.24) is 10.3 Å². The standard InChI is InChI=1S/C29H36ClN3OS.C2H6/c1-7-10-14-23(9-3)21(5)32-26(27(34)13-8-2)15-11-12-18-31-29-33-28(22(6)35-29)24-17-16-20(4)25(30)19-24;1-2/h7-10,13-14,16-17,19,26,32H,1,5,11-12,15,18H2,2-4,6H3,(H,31,33);1-2H3/b13-8-,14-10-,23-9+;. The number of aromatic nitrogens is 1. The number of ketones is 1. The molecule has 1 unspecified atom stereocenters. The Hall–Kier alpha value is -2.89. The van der Waals surface area contributed by atoms with E-state index in [-0.39, 0.29) is 11.8 Å². The zero-order valence-electron chi connectivity index (χ0n) is 23.2. The lowest BCUT2D eigenvalue weighted by atomic mass is 10.0. The van der Waals surface area contributed by atoms with Gasteiger partial charge in [0.1, 0.15) is 0 Å². The van der Waals surface area contributed by atoms with E-state index in [9.17, 15) is 4.79 Å². The molecule has 0 fully saturated rings. The highest BCUT2D eigenvalue weighted by molar-refractivity contribution is 7.16.